The molecule has 0 saturated carbocycles. The average Bonchev–Trinajstić information content (AvgIpc) is 2.45. The lowest BCUT2D eigenvalue weighted by Crippen LogP contribution is -2.46. The Balaban J connectivity index is 0.00000242. The van der Waals surface area contributed by atoms with Crippen molar-refractivity contribution in [1.29, 1.82) is 5.26 Å². The Bertz CT molecular complexity index is 540. The van der Waals surface area contributed by atoms with E-state index in [9.17, 15) is 17.6 Å². The second-order valence-corrected chi connectivity index (χ2v) is 4.97. The topological polar surface area (TPSA) is 39.1 Å². The van der Waals surface area contributed by atoms with Crippen molar-refractivity contribution in [3.05, 3.63) is 35.1 Å². The zero-order chi connectivity index (χ0) is 15.5. The summed E-state index contributed by atoms with van der Waals surface area (Å²) in [6.07, 6.45) is -5.33. The van der Waals surface area contributed by atoms with Crippen LogP contribution < -0.4 is 5.32 Å². The summed E-state index contributed by atoms with van der Waals surface area (Å²) in [7, 11) is 0. The van der Waals surface area contributed by atoms with Crippen LogP contribution in [-0.2, 0) is 0 Å². The van der Waals surface area contributed by atoms with Crippen LogP contribution in [0.25, 0.3) is 0 Å². The lowest BCUT2D eigenvalue weighted by atomic mass is 9.98. The largest absolute Gasteiger partial charge is 0.390 e. The number of nitriles is 1. The minimum Gasteiger partial charge on any atom is -0.314 e. The summed E-state index contributed by atoms with van der Waals surface area (Å²) in [5, 5.41) is 11.9. The number of nitrogens with zero attached hydrogens (tertiary/aromatic N) is 2. The summed E-state index contributed by atoms with van der Waals surface area (Å²) < 4.78 is 51.8. The molecule has 0 unspecified atom stereocenters. The van der Waals surface area contributed by atoms with Gasteiger partial charge in [-0.1, -0.05) is 6.07 Å². The quantitative estimate of drug-likeness (QED) is 0.824. The maximum Gasteiger partial charge on any atom is 0.390 e. The molecule has 2 rings (SSSR count). The molecule has 0 radical (unpaired) electrons. The number of alkyl halides is 3. The number of nitrogens with one attached hydrogen (secondary N) is 1. The summed E-state index contributed by atoms with van der Waals surface area (Å²) in [6.45, 7) is 2.20. The van der Waals surface area contributed by atoms with Gasteiger partial charge in [-0.15, -0.1) is 24.8 Å². The molecule has 0 spiro atoms. The molecule has 1 aromatic rings. The fourth-order valence-corrected chi connectivity index (χ4v) is 2.51. The van der Waals surface area contributed by atoms with E-state index in [0.717, 1.165) is 6.07 Å². The highest BCUT2D eigenvalue weighted by Crippen LogP contribution is 2.34. The molecule has 1 fully saturated rings. The van der Waals surface area contributed by atoms with E-state index in [0.29, 0.717) is 31.7 Å². The third-order valence-corrected chi connectivity index (χ3v) is 3.51. The smallest absolute Gasteiger partial charge is 0.314 e. The Morgan fingerprint density at radius 3 is 2.35 bits per heavy atom. The fourth-order valence-electron chi connectivity index (χ4n) is 2.51. The number of hydrogen-bond donors (Lipinski definition) is 1. The molecule has 1 N–H and O–H groups in total. The zero-order valence-electron chi connectivity index (χ0n) is 12.1. The second kappa shape index (κ2) is 9.28. The Hall–Kier alpha value is -1.07. The Kier molecular flexibility index (Phi) is 8.85. The number of piperazine rings is 1. The van der Waals surface area contributed by atoms with Crippen molar-refractivity contribution >= 4 is 24.8 Å². The average molecular weight is 374 g/mol. The number of rotatable bonds is 3. The van der Waals surface area contributed by atoms with E-state index in [2.05, 4.69) is 5.32 Å². The first kappa shape index (κ1) is 21.9. The van der Waals surface area contributed by atoms with Gasteiger partial charge in [0.15, 0.2) is 0 Å². The molecular weight excluding hydrogens is 357 g/mol. The number of benzene rings is 1. The number of hydrogen-bond acceptors (Lipinski definition) is 3. The van der Waals surface area contributed by atoms with Gasteiger partial charge in [-0.25, -0.2) is 4.39 Å². The molecule has 1 aromatic carbocycles. The molecule has 1 heterocycles. The van der Waals surface area contributed by atoms with Crippen LogP contribution in [0.15, 0.2) is 18.2 Å². The molecule has 9 heteroatoms. The van der Waals surface area contributed by atoms with E-state index in [-0.39, 0.29) is 30.4 Å². The van der Waals surface area contributed by atoms with Crippen molar-refractivity contribution in [3.63, 3.8) is 0 Å². The van der Waals surface area contributed by atoms with Crippen LogP contribution in [0.5, 0.6) is 0 Å². The third-order valence-electron chi connectivity index (χ3n) is 3.51. The highest BCUT2D eigenvalue weighted by Gasteiger charge is 2.36. The van der Waals surface area contributed by atoms with Gasteiger partial charge in [0.1, 0.15) is 11.9 Å². The van der Waals surface area contributed by atoms with Gasteiger partial charge in [0.05, 0.1) is 12.0 Å². The predicted octanol–water partition coefficient (Wildman–Crippen LogP) is 3.44. The van der Waals surface area contributed by atoms with E-state index in [1.165, 1.54) is 12.1 Å². The second-order valence-electron chi connectivity index (χ2n) is 4.97. The molecule has 0 amide bonds. The highest BCUT2D eigenvalue weighted by atomic mass is 35.5. The molecule has 1 aliphatic rings. The molecule has 3 nitrogen and oxygen atoms in total. The lowest BCUT2D eigenvalue weighted by Gasteiger charge is -2.35. The van der Waals surface area contributed by atoms with Crippen LogP contribution in [0, 0.1) is 17.1 Å². The summed E-state index contributed by atoms with van der Waals surface area (Å²) in [4.78, 5) is 1.72. The van der Waals surface area contributed by atoms with Crippen molar-refractivity contribution in [1.82, 2.24) is 10.2 Å². The maximum absolute atomic E-state index is 13.3. The van der Waals surface area contributed by atoms with Crippen molar-refractivity contribution < 1.29 is 17.6 Å². The molecule has 1 aliphatic heterocycles. The summed E-state index contributed by atoms with van der Waals surface area (Å²) >= 11 is 0. The zero-order valence-corrected chi connectivity index (χ0v) is 13.7. The Morgan fingerprint density at radius 2 is 1.83 bits per heavy atom. The van der Waals surface area contributed by atoms with E-state index in [1.54, 1.807) is 11.0 Å². The van der Waals surface area contributed by atoms with E-state index in [4.69, 9.17) is 5.26 Å². The Labute approximate surface area is 144 Å². The van der Waals surface area contributed by atoms with Gasteiger partial charge < -0.3 is 5.32 Å². The Morgan fingerprint density at radius 1 is 1.22 bits per heavy atom. The first-order chi connectivity index (χ1) is 9.90. The van der Waals surface area contributed by atoms with Gasteiger partial charge >= 0.3 is 6.18 Å². The lowest BCUT2D eigenvalue weighted by molar-refractivity contribution is -0.148. The minimum atomic E-state index is -4.32. The van der Waals surface area contributed by atoms with E-state index >= 15 is 0 Å². The first-order valence-electron chi connectivity index (χ1n) is 6.62. The van der Waals surface area contributed by atoms with Crippen molar-refractivity contribution in [2.24, 2.45) is 0 Å². The van der Waals surface area contributed by atoms with E-state index < -0.39 is 24.5 Å². The monoisotopic (exact) mass is 373 g/mol. The molecule has 23 heavy (non-hydrogen) atoms. The summed E-state index contributed by atoms with van der Waals surface area (Å²) in [6, 6.07) is 4.38. The van der Waals surface area contributed by atoms with Crippen LogP contribution in [0.1, 0.15) is 23.6 Å². The molecular formula is C14H17Cl2F4N3. The van der Waals surface area contributed by atoms with Crippen LogP contribution >= 0.6 is 24.8 Å². The first-order valence-corrected chi connectivity index (χ1v) is 6.62. The van der Waals surface area contributed by atoms with Gasteiger partial charge in [-0.3, -0.25) is 4.90 Å². The third kappa shape index (κ3) is 6.15. The van der Waals surface area contributed by atoms with Gasteiger partial charge in [0.2, 0.25) is 0 Å². The van der Waals surface area contributed by atoms with Crippen molar-refractivity contribution in [2.75, 3.05) is 26.2 Å². The normalized spacial score (nSPS) is 16.7. The van der Waals surface area contributed by atoms with Gasteiger partial charge in [-0.05, 0) is 17.7 Å². The predicted molar refractivity (Wildman–Crippen MR) is 83.5 cm³/mol. The highest BCUT2D eigenvalue weighted by molar-refractivity contribution is 5.85. The van der Waals surface area contributed by atoms with E-state index in [1.807, 2.05) is 0 Å². The van der Waals surface area contributed by atoms with Crippen LogP contribution in [0.4, 0.5) is 17.6 Å². The SMILES string of the molecule is Cl.Cl.N#Cc1cc([C@@H](CC(F)(F)F)N2CCNCC2)ccc1F. The molecule has 0 aliphatic carbocycles. The standard InChI is InChI=1S/C14H15F4N3.2ClH/c15-12-2-1-10(7-11(12)9-19)13(8-14(16,17)18)21-5-3-20-4-6-21;;/h1-2,7,13,20H,3-6,8H2;2*1H/t13-;;/m1../s1. The van der Waals surface area contributed by atoms with Gasteiger partial charge in [0, 0.05) is 32.2 Å². The van der Waals surface area contributed by atoms with Crippen LogP contribution in [-0.4, -0.2) is 37.3 Å². The fraction of sp³-hybridized carbons (Fsp3) is 0.500. The van der Waals surface area contributed by atoms with Crippen molar-refractivity contribution in [3.8, 4) is 6.07 Å². The van der Waals surface area contributed by atoms with Gasteiger partial charge in [0.25, 0.3) is 0 Å². The van der Waals surface area contributed by atoms with Crippen LogP contribution in [0.3, 0.4) is 0 Å². The molecule has 0 bridgehead atoms. The molecule has 1 saturated heterocycles. The number of halogens is 6. The van der Waals surface area contributed by atoms with Crippen molar-refractivity contribution in [2.45, 2.75) is 18.6 Å². The maximum atomic E-state index is 13.3. The molecule has 0 aromatic heterocycles. The van der Waals surface area contributed by atoms with Crippen LogP contribution in [0.2, 0.25) is 0 Å². The summed E-state index contributed by atoms with van der Waals surface area (Å²) in [5.74, 6) is -0.715. The molecule has 130 valence electrons. The van der Waals surface area contributed by atoms with Gasteiger partial charge in [-0.2, -0.15) is 18.4 Å². The summed E-state index contributed by atoms with van der Waals surface area (Å²) in [5.41, 5.74) is 0.0991. The molecule has 1 atom stereocenters. The minimum absolute atomic E-state index is 0.